The average molecular weight is 1140 g/mol. The molecule has 0 radical (unpaired) electrons. The molecule has 25 nitrogen and oxygen atoms in total. The lowest BCUT2D eigenvalue weighted by atomic mass is 10.1. The second-order valence-electron chi connectivity index (χ2n) is 18.7. The zero-order valence-electron chi connectivity index (χ0n) is 44.8. The largest absolute Gasteiger partial charge is 0.480 e. The Kier molecular flexibility index (Phi) is 19.8. The van der Waals surface area contributed by atoms with Crippen LogP contribution >= 0.6 is 11.6 Å². The molecule has 0 fully saturated rings. The number of carbonyl (C=O) groups is 3. The molecule has 0 aliphatic carbocycles. The van der Waals surface area contributed by atoms with E-state index in [-0.39, 0.29) is 113 Å². The second kappa shape index (κ2) is 27.7. The van der Waals surface area contributed by atoms with Crippen LogP contribution in [0.15, 0.2) is 73.3 Å². The van der Waals surface area contributed by atoms with Gasteiger partial charge in [-0.3, -0.25) is 14.3 Å². The van der Waals surface area contributed by atoms with Crippen molar-refractivity contribution in [3.63, 3.8) is 0 Å². The van der Waals surface area contributed by atoms with Gasteiger partial charge in [-0.05, 0) is 81.5 Å². The molecule has 0 unspecified atom stereocenters. The molecular weight excluding hydrogens is 1090 g/mol. The minimum absolute atomic E-state index is 0.000903. The van der Waals surface area contributed by atoms with E-state index in [9.17, 15) is 23.9 Å². The van der Waals surface area contributed by atoms with E-state index in [1.165, 1.54) is 36.7 Å². The summed E-state index contributed by atoms with van der Waals surface area (Å²) in [7, 11) is 1.82. The molecule has 28 heteroatoms. The number of nitrogen functional groups attached to an aromatic ring is 2. The standard InChI is InChI=1S/C54H57ClF2N18O7/c1-30(37-22-33(60-3)10-13-38(37)56)66-48-45(55)31(2)65-41-23-39(57)46(69-47(41)48)42-25-63-44(26-62-42)82-18-7-5-6-17-75-28-35(72-73-75)29-81-21-20-80-19-16-61-43(76)15-14-40(53(78)79)68-52(77)32-8-11-36(12-9-32)74(4)27-34-24-64-51-49(67-34)50(58)70-54(59)71-51/h8-13,22-26,28,30,40H,5-7,14-21,27,29H2,1-2,4H3,(H,61,76)(H,65,66)(H,68,77)(H,78,79)(H4,58,59,64,70,71)/t30-,40+/m1/s1. The number of ether oxygens (including phenoxy) is 3. The van der Waals surface area contributed by atoms with Crippen molar-refractivity contribution in [2.75, 3.05) is 61.7 Å². The van der Waals surface area contributed by atoms with Gasteiger partial charge in [0.1, 0.15) is 34.5 Å². The van der Waals surface area contributed by atoms with E-state index in [0.29, 0.717) is 54.4 Å². The number of aliphatic carboxylic acids is 1. The number of nitrogens with two attached hydrogens (primary N) is 2. The van der Waals surface area contributed by atoms with Gasteiger partial charge < -0.3 is 51.6 Å². The summed E-state index contributed by atoms with van der Waals surface area (Å²) in [5.41, 5.74) is 16.2. The number of amides is 2. The number of unbranched alkanes of at least 4 members (excludes halogenated alkanes) is 2. The molecule has 2 amide bonds. The van der Waals surface area contributed by atoms with Crippen LogP contribution in [-0.4, -0.2) is 124 Å². The highest BCUT2D eigenvalue weighted by Crippen LogP contribution is 2.37. The van der Waals surface area contributed by atoms with Crippen molar-refractivity contribution in [2.24, 2.45) is 0 Å². The van der Waals surface area contributed by atoms with E-state index in [1.54, 1.807) is 55.2 Å². The van der Waals surface area contributed by atoms with Gasteiger partial charge in [0.15, 0.2) is 28.5 Å². The summed E-state index contributed by atoms with van der Waals surface area (Å²) >= 11 is 6.68. The number of anilines is 4. The van der Waals surface area contributed by atoms with Crippen LogP contribution in [0.4, 0.5) is 37.6 Å². The predicted molar refractivity (Wildman–Crippen MR) is 298 cm³/mol. The highest BCUT2D eigenvalue weighted by molar-refractivity contribution is 6.35. The zero-order valence-corrected chi connectivity index (χ0v) is 45.5. The number of fused-ring (bicyclic) bond motifs is 2. The van der Waals surface area contributed by atoms with Crippen molar-refractivity contribution < 1.29 is 42.5 Å². The Balaban J connectivity index is 0.669. The number of benzene rings is 2. The lowest BCUT2D eigenvalue weighted by molar-refractivity contribution is -0.139. The predicted octanol–water partition coefficient (Wildman–Crippen LogP) is 6.74. The fourth-order valence-electron chi connectivity index (χ4n) is 8.34. The number of aromatic nitrogens is 11. The number of aryl methyl sites for hydroxylation is 2. The maximum atomic E-state index is 15.5. The van der Waals surface area contributed by atoms with Crippen molar-refractivity contribution >= 4 is 80.4 Å². The lowest BCUT2D eigenvalue weighted by Gasteiger charge is -2.20. The Labute approximate surface area is 473 Å². The third kappa shape index (κ3) is 15.5. The minimum Gasteiger partial charge on any atom is -0.480 e. The maximum absolute atomic E-state index is 15.5. The quantitative estimate of drug-likeness (QED) is 0.0218. The van der Waals surface area contributed by atoms with Gasteiger partial charge in [-0.25, -0.2) is 48.3 Å². The first-order chi connectivity index (χ1) is 39.5. The molecule has 0 aliphatic rings. The fraction of sp³-hybridized carbons (Fsp3) is 0.333. The van der Waals surface area contributed by atoms with Crippen molar-refractivity contribution in [1.29, 1.82) is 0 Å². The average Bonchev–Trinajstić information content (AvgIpc) is 4.07. The van der Waals surface area contributed by atoms with Crippen LogP contribution in [0.5, 0.6) is 5.88 Å². The molecule has 0 saturated heterocycles. The van der Waals surface area contributed by atoms with Crippen molar-refractivity contribution in [3.05, 3.63) is 130 Å². The van der Waals surface area contributed by atoms with E-state index in [1.807, 2.05) is 11.9 Å². The van der Waals surface area contributed by atoms with Crippen molar-refractivity contribution in [1.82, 2.24) is 65.5 Å². The molecule has 8 N–H and O–H groups in total. The van der Waals surface area contributed by atoms with E-state index in [2.05, 4.69) is 71.0 Å². The first-order valence-corrected chi connectivity index (χ1v) is 26.2. The summed E-state index contributed by atoms with van der Waals surface area (Å²) in [6, 6.07) is 9.92. The lowest BCUT2D eigenvalue weighted by Crippen LogP contribution is -2.41. The zero-order chi connectivity index (χ0) is 58.3. The Morgan fingerprint density at radius 1 is 0.890 bits per heavy atom. The highest BCUT2D eigenvalue weighted by Gasteiger charge is 2.24. The van der Waals surface area contributed by atoms with Crippen molar-refractivity contribution in [3.8, 4) is 17.3 Å². The third-order valence-electron chi connectivity index (χ3n) is 12.6. The summed E-state index contributed by atoms with van der Waals surface area (Å²) in [5, 5.41) is 26.7. The van der Waals surface area contributed by atoms with Gasteiger partial charge in [0.05, 0.1) is 105 Å². The maximum Gasteiger partial charge on any atom is 0.326 e. The summed E-state index contributed by atoms with van der Waals surface area (Å²) in [6.07, 6.45) is 8.17. The van der Waals surface area contributed by atoms with E-state index < -0.39 is 41.5 Å². The van der Waals surface area contributed by atoms with Gasteiger partial charge >= 0.3 is 5.97 Å². The van der Waals surface area contributed by atoms with Gasteiger partial charge in [0.2, 0.25) is 17.7 Å². The molecule has 426 valence electrons. The van der Waals surface area contributed by atoms with Gasteiger partial charge in [0.25, 0.3) is 5.91 Å². The number of carboxylic acids is 1. The van der Waals surface area contributed by atoms with E-state index in [4.69, 9.17) is 43.9 Å². The minimum atomic E-state index is -1.30. The number of pyridine rings is 2. The van der Waals surface area contributed by atoms with Crippen LogP contribution in [0.2, 0.25) is 5.02 Å². The molecule has 8 rings (SSSR count). The number of nitrogens with zero attached hydrogens (tertiary/aromatic N) is 13. The number of carbonyl (C=O) groups excluding carboxylic acids is 2. The number of nitrogens with one attached hydrogen (secondary N) is 3. The first kappa shape index (κ1) is 58.8. The molecular formula is C54H57ClF2N18O7. The second-order valence-corrected chi connectivity index (χ2v) is 19.1. The van der Waals surface area contributed by atoms with Gasteiger partial charge in [-0.15, -0.1) is 5.10 Å². The third-order valence-corrected chi connectivity index (χ3v) is 13.1. The summed E-state index contributed by atoms with van der Waals surface area (Å²) in [5.74, 6) is -3.09. The molecule has 0 spiro atoms. The summed E-state index contributed by atoms with van der Waals surface area (Å²) < 4.78 is 49.0. The molecule has 6 aromatic heterocycles. The number of halogens is 3. The molecule has 0 bridgehead atoms. The normalized spacial score (nSPS) is 12.0. The first-order valence-electron chi connectivity index (χ1n) is 25.8. The molecule has 0 aliphatic heterocycles. The Morgan fingerprint density at radius 3 is 2.46 bits per heavy atom. The molecule has 6 heterocycles. The van der Waals surface area contributed by atoms with Crippen LogP contribution in [-0.2, 0) is 38.8 Å². The molecule has 82 heavy (non-hydrogen) atoms. The molecule has 2 aromatic carbocycles. The van der Waals surface area contributed by atoms with E-state index in [0.717, 1.165) is 18.5 Å². The monoisotopic (exact) mass is 1140 g/mol. The van der Waals surface area contributed by atoms with Crippen LogP contribution < -0.4 is 37.1 Å². The fourth-order valence-corrected chi connectivity index (χ4v) is 8.53. The molecule has 8 aromatic rings. The van der Waals surface area contributed by atoms with Crippen LogP contribution in [0.1, 0.15) is 78.1 Å². The number of rotatable bonds is 28. The molecule has 2 atom stereocenters. The highest BCUT2D eigenvalue weighted by atomic mass is 35.5. The topological polar surface area (TPSA) is 329 Å². The number of hydrogen-bond acceptors (Lipinski definition) is 20. The van der Waals surface area contributed by atoms with Crippen molar-refractivity contribution in [2.45, 2.75) is 77.7 Å². The van der Waals surface area contributed by atoms with Crippen LogP contribution in [0.25, 0.3) is 38.4 Å². The van der Waals surface area contributed by atoms with Gasteiger partial charge in [0, 0.05) is 43.9 Å². The Bertz CT molecular complexity index is 3610. The smallest absolute Gasteiger partial charge is 0.326 e. The Morgan fingerprint density at radius 2 is 1.70 bits per heavy atom. The summed E-state index contributed by atoms with van der Waals surface area (Å²) in [4.78, 5) is 77.1. The van der Waals surface area contributed by atoms with Gasteiger partial charge in [-0.2, -0.15) is 9.97 Å². The van der Waals surface area contributed by atoms with E-state index >= 15 is 4.39 Å². The summed E-state index contributed by atoms with van der Waals surface area (Å²) in [6.45, 7) is 13.2. The van der Waals surface area contributed by atoms with Crippen LogP contribution in [0, 0.1) is 25.1 Å². The Hall–Kier alpha value is -9.39. The van der Waals surface area contributed by atoms with Gasteiger partial charge in [-0.1, -0.05) is 22.9 Å². The SMILES string of the molecule is [C-]#[N+]c1ccc(F)c([C@@H](C)Nc2c(Cl)c(C)nc3cc(F)c(-c4cnc(OCCCCCn5cc(COCCOCCNC(=O)CC[C@H](NC(=O)c6ccc(N(C)Cc7cnc8nc(N)nc(N)c8n7)cc6)C(=O)O)nn5)cn4)nc23)c1. The molecule has 0 saturated carbocycles. The van der Waals surface area contributed by atoms with Crippen LogP contribution in [0.3, 0.4) is 0 Å². The number of hydrogen-bond donors (Lipinski definition) is 6. The number of carboxylic acid groups (broad SMARTS) is 1.